The Hall–Kier alpha value is -2.86. The van der Waals surface area contributed by atoms with Gasteiger partial charge in [0.05, 0.1) is 19.1 Å². The third kappa shape index (κ3) is 4.51. The van der Waals surface area contributed by atoms with Crippen LogP contribution in [-0.2, 0) is 9.59 Å². The van der Waals surface area contributed by atoms with E-state index in [1.54, 1.807) is 12.0 Å². The van der Waals surface area contributed by atoms with E-state index in [2.05, 4.69) is 22.3 Å². The molecule has 0 spiro atoms. The number of likely N-dealkylation sites (N-methyl/N-ethyl adjacent to an activating group) is 1. The molecule has 0 bridgehead atoms. The molecule has 1 aliphatic rings. The molecule has 2 aromatic rings. The van der Waals surface area contributed by atoms with Gasteiger partial charge in [0.25, 0.3) is 0 Å². The molecule has 0 radical (unpaired) electrons. The number of hydrogen-bond acceptors (Lipinski definition) is 4. The molecular weight excluding hydrogens is 354 g/mol. The van der Waals surface area contributed by atoms with Crippen LogP contribution in [0.25, 0.3) is 0 Å². The highest BCUT2D eigenvalue weighted by molar-refractivity contribution is 6.00. The molecule has 0 unspecified atom stereocenters. The maximum absolute atomic E-state index is 12.7. The van der Waals surface area contributed by atoms with Gasteiger partial charge in [0.2, 0.25) is 11.8 Å². The van der Waals surface area contributed by atoms with Gasteiger partial charge in [0.15, 0.2) is 0 Å². The number of methoxy groups -OCH3 is 1. The van der Waals surface area contributed by atoms with Crippen molar-refractivity contribution in [3.05, 3.63) is 60.2 Å². The summed E-state index contributed by atoms with van der Waals surface area (Å²) in [5.74, 6) is 0.217. The summed E-state index contributed by atoms with van der Waals surface area (Å²) in [6, 6.07) is 17.5. The van der Waals surface area contributed by atoms with E-state index in [9.17, 15) is 9.59 Å². The van der Waals surface area contributed by atoms with E-state index in [0.29, 0.717) is 18.8 Å². The number of nitrogens with one attached hydrogen (secondary N) is 1. The summed E-state index contributed by atoms with van der Waals surface area (Å²) in [5.41, 5.74) is 1.91. The fraction of sp³-hybridized carbons (Fsp3) is 0.364. The molecule has 1 heterocycles. The number of nitrogens with zero attached hydrogens (tertiary/aromatic N) is 2. The smallest absolute Gasteiger partial charge is 0.227 e. The van der Waals surface area contributed by atoms with Gasteiger partial charge in [-0.15, -0.1) is 0 Å². The first-order valence-corrected chi connectivity index (χ1v) is 9.43. The lowest BCUT2D eigenvalue weighted by Crippen LogP contribution is -2.38. The minimum atomic E-state index is -0.350. The fourth-order valence-electron chi connectivity index (χ4n) is 3.53. The zero-order valence-corrected chi connectivity index (χ0v) is 16.6. The Balaban J connectivity index is 1.62. The lowest BCUT2D eigenvalue weighted by molar-refractivity contribution is -0.126. The number of amides is 2. The van der Waals surface area contributed by atoms with Crippen LogP contribution in [-0.4, -0.2) is 51.0 Å². The van der Waals surface area contributed by atoms with Crippen molar-refractivity contribution in [1.29, 1.82) is 0 Å². The van der Waals surface area contributed by atoms with Crippen LogP contribution in [0.4, 0.5) is 5.69 Å². The third-order valence-corrected chi connectivity index (χ3v) is 5.14. The van der Waals surface area contributed by atoms with Gasteiger partial charge in [-0.05, 0) is 31.8 Å². The molecule has 0 saturated carbocycles. The van der Waals surface area contributed by atoms with Crippen LogP contribution in [0.5, 0.6) is 5.75 Å². The number of hydrogen-bond donors (Lipinski definition) is 1. The zero-order chi connectivity index (χ0) is 20.1. The van der Waals surface area contributed by atoms with Crippen molar-refractivity contribution in [3.63, 3.8) is 0 Å². The number of carbonyl (C=O) groups excluding carboxylic acids is 2. The van der Waals surface area contributed by atoms with Crippen molar-refractivity contribution in [3.8, 4) is 5.75 Å². The number of benzene rings is 2. The van der Waals surface area contributed by atoms with Crippen molar-refractivity contribution < 1.29 is 14.3 Å². The zero-order valence-electron chi connectivity index (χ0n) is 16.6. The molecule has 2 atom stereocenters. The molecular formula is C22H27N3O3. The Bertz CT molecular complexity index is 823. The van der Waals surface area contributed by atoms with Crippen LogP contribution < -0.4 is 15.0 Å². The van der Waals surface area contributed by atoms with Crippen LogP contribution in [0.15, 0.2) is 54.6 Å². The lowest BCUT2D eigenvalue weighted by atomic mass is 10.0. The van der Waals surface area contributed by atoms with Gasteiger partial charge in [-0.2, -0.15) is 0 Å². The summed E-state index contributed by atoms with van der Waals surface area (Å²) in [7, 11) is 5.58. The quantitative estimate of drug-likeness (QED) is 0.800. The number of anilines is 1. The standard InChI is InChI=1S/C22H27N3O3/c1-24(2)20(16-8-5-4-6-9-16)14-23-22(27)17-12-21(26)25(15-17)18-10-7-11-19(13-18)28-3/h4-11,13,17,20H,12,14-15H2,1-3H3,(H,23,27)/t17-,20+/m1/s1. The van der Waals surface area contributed by atoms with Crippen molar-refractivity contribution in [2.24, 2.45) is 5.92 Å². The Kier molecular flexibility index (Phi) is 6.31. The van der Waals surface area contributed by atoms with Crippen LogP contribution in [0, 0.1) is 5.92 Å². The molecule has 2 amide bonds. The van der Waals surface area contributed by atoms with Gasteiger partial charge in [-0.1, -0.05) is 36.4 Å². The average Bonchev–Trinajstić information content (AvgIpc) is 3.10. The van der Waals surface area contributed by atoms with Crippen LogP contribution in [0.1, 0.15) is 18.0 Å². The van der Waals surface area contributed by atoms with Crippen LogP contribution in [0.2, 0.25) is 0 Å². The van der Waals surface area contributed by atoms with Crippen molar-refractivity contribution in [1.82, 2.24) is 10.2 Å². The second-order valence-corrected chi connectivity index (χ2v) is 7.24. The molecule has 1 aliphatic heterocycles. The summed E-state index contributed by atoms with van der Waals surface area (Å²) in [5, 5.41) is 3.04. The number of carbonyl (C=O) groups is 2. The van der Waals surface area contributed by atoms with Crippen molar-refractivity contribution in [2.45, 2.75) is 12.5 Å². The normalized spacial score (nSPS) is 17.6. The first-order valence-electron chi connectivity index (χ1n) is 9.43. The third-order valence-electron chi connectivity index (χ3n) is 5.14. The van der Waals surface area contributed by atoms with Gasteiger partial charge in [0, 0.05) is 31.3 Å². The van der Waals surface area contributed by atoms with E-state index in [4.69, 9.17) is 4.74 Å². The summed E-state index contributed by atoms with van der Waals surface area (Å²) >= 11 is 0. The monoisotopic (exact) mass is 381 g/mol. The minimum Gasteiger partial charge on any atom is -0.497 e. The molecule has 0 aromatic heterocycles. The molecule has 28 heavy (non-hydrogen) atoms. The van der Waals surface area contributed by atoms with Crippen molar-refractivity contribution >= 4 is 17.5 Å². The second-order valence-electron chi connectivity index (χ2n) is 7.24. The van der Waals surface area contributed by atoms with Gasteiger partial charge < -0.3 is 19.9 Å². The maximum atomic E-state index is 12.7. The molecule has 148 valence electrons. The van der Waals surface area contributed by atoms with E-state index >= 15 is 0 Å². The first-order chi connectivity index (χ1) is 13.5. The Morgan fingerprint density at radius 1 is 1.21 bits per heavy atom. The predicted molar refractivity (Wildman–Crippen MR) is 109 cm³/mol. The number of rotatable bonds is 7. The van der Waals surface area contributed by atoms with Gasteiger partial charge in [-0.25, -0.2) is 0 Å². The largest absolute Gasteiger partial charge is 0.497 e. The maximum Gasteiger partial charge on any atom is 0.227 e. The SMILES string of the molecule is COc1cccc(N2C[C@H](C(=O)NC[C@@H](c3ccccc3)N(C)C)CC2=O)c1. The average molecular weight is 381 g/mol. The molecule has 3 rings (SSSR count). The topological polar surface area (TPSA) is 61.9 Å². The van der Waals surface area contributed by atoms with Crippen molar-refractivity contribution in [2.75, 3.05) is 39.2 Å². The molecule has 6 heteroatoms. The molecule has 1 fully saturated rings. The van der Waals surface area contributed by atoms with Crippen LogP contribution >= 0.6 is 0 Å². The molecule has 0 aliphatic carbocycles. The predicted octanol–water partition coefficient (Wildman–Crippen LogP) is 2.47. The molecule has 2 aromatic carbocycles. The highest BCUT2D eigenvalue weighted by atomic mass is 16.5. The summed E-state index contributed by atoms with van der Waals surface area (Å²) in [6.07, 6.45) is 0.223. The van der Waals surface area contributed by atoms with E-state index < -0.39 is 0 Å². The summed E-state index contributed by atoms with van der Waals surface area (Å²) in [6.45, 7) is 0.884. The second kappa shape index (κ2) is 8.89. The highest BCUT2D eigenvalue weighted by Gasteiger charge is 2.35. The summed E-state index contributed by atoms with van der Waals surface area (Å²) in [4.78, 5) is 28.9. The number of ether oxygens (including phenoxy) is 1. The highest BCUT2D eigenvalue weighted by Crippen LogP contribution is 2.28. The first kappa shape index (κ1) is 19.9. The molecule has 1 N–H and O–H groups in total. The van der Waals surface area contributed by atoms with E-state index in [1.807, 2.05) is 56.6 Å². The Labute approximate surface area is 166 Å². The molecule has 6 nitrogen and oxygen atoms in total. The van der Waals surface area contributed by atoms with E-state index in [-0.39, 0.29) is 30.2 Å². The van der Waals surface area contributed by atoms with E-state index in [1.165, 1.54) is 0 Å². The minimum absolute atomic E-state index is 0.0411. The molecule has 1 saturated heterocycles. The summed E-state index contributed by atoms with van der Waals surface area (Å²) < 4.78 is 5.23. The fourth-order valence-corrected chi connectivity index (χ4v) is 3.53. The van der Waals surface area contributed by atoms with Gasteiger partial charge in [-0.3, -0.25) is 9.59 Å². The van der Waals surface area contributed by atoms with Crippen LogP contribution in [0.3, 0.4) is 0 Å². The Morgan fingerprint density at radius 3 is 2.64 bits per heavy atom. The van der Waals surface area contributed by atoms with E-state index in [0.717, 1.165) is 11.3 Å². The van der Waals surface area contributed by atoms with Gasteiger partial charge >= 0.3 is 0 Å². The Morgan fingerprint density at radius 2 is 1.96 bits per heavy atom. The van der Waals surface area contributed by atoms with Gasteiger partial charge in [0.1, 0.15) is 5.75 Å². The lowest BCUT2D eigenvalue weighted by Gasteiger charge is -2.25.